The van der Waals surface area contributed by atoms with Crippen LogP contribution in [0.15, 0.2) is 35.4 Å². The van der Waals surface area contributed by atoms with E-state index in [1.165, 1.54) is 6.07 Å². The van der Waals surface area contributed by atoms with Gasteiger partial charge in [0.15, 0.2) is 11.5 Å². The van der Waals surface area contributed by atoms with Crippen molar-refractivity contribution >= 4 is 0 Å². The van der Waals surface area contributed by atoms with Crippen molar-refractivity contribution in [1.29, 1.82) is 0 Å². The number of aromatic nitrogens is 2. The van der Waals surface area contributed by atoms with Gasteiger partial charge < -0.3 is 14.8 Å². The Labute approximate surface area is 122 Å². The maximum absolute atomic E-state index is 12.0. The molecule has 1 aromatic heterocycles. The molecule has 1 aliphatic rings. The lowest BCUT2D eigenvalue weighted by molar-refractivity contribution is 0.174. The molecule has 0 amide bonds. The zero-order valence-corrected chi connectivity index (χ0v) is 12.0. The Bertz CT molecular complexity index is 712. The molecule has 0 saturated carbocycles. The second-order valence-corrected chi connectivity index (χ2v) is 4.97. The zero-order chi connectivity index (χ0) is 14.8. The summed E-state index contributed by atoms with van der Waals surface area (Å²) in [4.78, 5) is 16.1. The summed E-state index contributed by atoms with van der Waals surface area (Å²) in [6.07, 6.45) is 1.58. The molecule has 110 valence electrons. The molecule has 1 aromatic carbocycles. The Hall–Kier alpha value is -2.34. The highest BCUT2D eigenvalue weighted by Crippen LogP contribution is 2.34. The predicted octanol–water partition coefficient (Wildman–Crippen LogP) is 1.24. The van der Waals surface area contributed by atoms with Gasteiger partial charge in [-0.15, -0.1) is 0 Å². The maximum Gasteiger partial charge on any atom is 0.253 e. The number of ether oxygens (including phenoxy) is 2. The molecule has 2 aromatic rings. The highest BCUT2D eigenvalue weighted by Gasteiger charge is 2.17. The van der Waals surface area contributed by atoms with Gasteiger partial charge in [-0.05, 0) is 31.7 Å². The van der Waals surface area contributed by atoms with E-state index in [-0.39, 0.29) is 18.4 Å². The second-order valence-electron chi connectivity index (χ2n) is 4.97. The van der Waals surface area contributed by atoms with E-state index in [0.29, 0.717) is 6.54 Å². The molecule has 0 saturated heterocycles. The molecule has 1 aliphatic heterocycles. The molecule has 21 heavy (non-hydrogen) atoms. The molecule has 0 fully saturated rings. The third-order valence-corrected chi connectivity index (χ3v) is 3.54. The summed E-state index contributed by atoms with van der Waals surface area (Å²) in [5.41, 5.74) is 1.71. The molecule has 0 bridgehead atoms. The van der Waals surface area contributed by atoms with Gasteiger partial charge in [0.2, 0.25) is 6.79 Å². The lowest BCUT2D eigenvalue weighted by Gasteiger charge is -2.18. The summed E-state index contributed by atoms with van der Waals surface area (Å²) in [7, 11) is 1.86. The Kier molecular flexibility index (Phi) is 3.62. The largest absolute Gasteiger partial charge is 0.454 e. The minimum Gasteiger partial charge on any atom is -0.454 e. The molecule has 1 N–H and O–H groups in total. The van der Waals surface area contributed by atoms with Crippen molar-refractivity contribution < 1.29 is 9.47 Å². The molecule has 0 radical (unpaired) electrons. The Morgan fingerprint density at radius 1 is 1.33 bits per heavy atom. The number of aryl methyl sites for hydroxylation is 1. The van der Waals surface area contributed by atoms with Crippen LogP contribution in [0.25, 0.3) is 0 Å². The third-order valence-electron chi connectivity index (χ3n) is 3.54. The number of fused-ring (bicyclic) bond motifs is 1. The number of rotatable bonds is 4. The Balaban J connectivity index is 1.86. The fraction of sp³-hybridized carbons (Fsp3) is 0.333. The third kappa shape index (κ3) is 2.75. The van der Waals surface area contributed by atoms with Gasteiger partial charge in [0.1, 0.15) is 0 Å². The van der Waals surface area contributed by atoms with Crippen molar-refractivity contribution in [3.05, 3.63) is 52.2 Å². The van der Waals surface area contributed by atoms with Crippen LogP contribution in [-0.2, 0) is 6.54 Å². The van der Waals surface area contributed by atoms with Crippen LogP contribution in [0.4, 0.5) is 0 Å². The second kappa shape index (κ2) is 5.57. The van der Waals surface area contributed by atoms with E-state index in [1.54, 1.807) is 17.8 Å². The highest BCUT2D eigenvalue weighted by atomic mass is 16.7. The highest BCUT2D eigenvalue weighted by molar-refractivity contribution is 5.45. The summed E-state index contributed by atoms with van der Waals surface area (Å²) in [6.45, 7) is 2.56. The SMILES string of the molecule is CNC(Cn1cnc(C)cc1=O)c1ccc2c(c1)OCO2. The summed E-state index contributed by atoms with van der Waals surface area (Å²) in [6, 6.07) is 7.32. The normalized spacial score (nSPS) is 14.2. The molecule has 0 aliphatic carbocycles. The van der Waals surface area contributed by atoms with Crippen LogP contribution in [0.3, 0.4) is 0 Å². The Morgan fingerprint density at radius 3 is 2.90 bits per heavy atom. The smallest absolute Gasteiger partial charge is 0.253 e. The van der Waals surface area contributed by atoms with Crippen LogP contribution < -0.4 is 20.3 Å². The molecule has 6 nitrogen and oxygen atoms in total. The standard InChI is InChI=1S/C15H17N3O3/c1-10-5-15(19)18(8-17-10)7-12(16-2)11-3-4-13-14(6-11)21-9-20-13/h3-6,8,12,16H,7,9H2,1-2H3. The lowest BCUT2D eigenvalue weighted by Crippen LogP contribution is -2.28. The first-order valence-corrected chi connectivity index (χ1v) is 6.77. The average Bonchev–Trinajstić information content (AvgIpc) is 2.94. The van der Waals surface area contributed by atoms with Gasteiger partial charge in [0.25, 0.3) is 5.56 Å². The van der Waals surface area contributed by atoms with Crippen molar-refractivity contribution in [1.82, 2.24) is 14.9 Å². The molecule has 6 heteroatoms. The molecule has 2 heterocycles. The first-order chi connectivity index (χ1) is 10.2. The van der Waals surface area contributed by atoms with Crippen LogP contribution in [0, 0.1) is 6.92 Å². The van der Waals surface area contributed by atoms with Gasteiger partial charge in [-0.2, -0.15) is 0 Å². The molecule has 1 unspecified atom stereocenters. The van der Waals surface area contributed by atoms with Gasteiger partial charge in [0, 0.05) is 18.3 Å². The summed E-state index contributed by atoms with van der Waals surface area (Å²) >= 11 is 0. The summed E-state index contributed by atoms with van der Waals surface area (Å²) in [5, 5.41) is 3.22. The van der Waals surface area contributed by atoms with Crippen molar-refractivity contribution in [3.63, 3.8) is 0 Å². The number of hydrogen-bond donors (Lipinski definition) is 1. The van der Waals surface area contributed by atoms with Crippen LogP contribution in [0.2, 0.25) is 0 Å². The number of nitrogens with one attached hydrogen (secondary N) is 1. The first kappa shape index (κ1) is 13.6. The van der Waals surface area contributed by atoms with Gasteiger partial charge in [-0.25, -0.2) is 4.98 Å². The van der Waals surface area contributed by atoms with E-state index < -0.39 is 0 Å². The first-order valence-electron chi connectivity index (χ1n) is 6.77. The van der Waals surface area contributed by atoms with Crippen molar-refractivity contribution in [2.24, 2.45) is 0 Å². The van der Waals surface area contributed by atoms with Crippen molar-refractivity contribution in [3.8, 4) is 11.5 Å². The minimum atomic E-state index is -0.0523. The van der Waals surface area contributed by atoms with Gasteiger partial charge >= 0.3 is 0 Å². The lowest BCUT2D eigenvalue weighted by atomic mass is 10.1. The van der Waals surface area contributed by atoms with E-state index in [0.717, 1.165) is 22.8 Å². The van der Waals surface area contributed by atoms with Gasteiger partial charge in [-0.3, -0.25) is 9.36 Å². The van der Waals surface area contributed by atoms with E-state index >= 15 is 0 Å². The monoisotopic (exact) mass is 287 g/mol. The number of hydrogen-bond acceptors (Lipinski definition) is 5. The van der Waals surface area contributed by atoms with Crippen LogP contribution in [0.5, 0.6) is 11.5 Å². The van der Waals surface area contributed by atoms with Crippen LogP contribution in [-0.4, -0.2) is 23.4 Å². The van der Waals surface area contributed by atoms with Gasteiger partial charge in [-0.1, -0.05) is 6.07 Å². The fourth-order valence-electron chi connectivity index (χ4n) is 2.34. The van der Waals surface area contributed by atoms with Crippen molar-refractivity contribution in [2.45, 2.75) is 19.5 Å². The van der Waals surface area contributed by atoms with Gasteiger partial charge in [0.05, 0.1) is 12.4 Å². The van der Waals surface area contributed by atoms with E-state index in [4.69, 9.17) is 9.47 Å². The van der Waals surface area contributed by atoms with Crippen LogP contribution >= 0.6 is 0 Å². The number of likely N-dealkylation sites (N-methyl/N-ethyl adjacent to an activating group) is 1. The van der Waals surface area contributed by atoms with E-state index in [9.17, 15) is 4.79 Å². The fourth-order valence-corrected chi connectivity index (χ4v) is 2.34. The molecule has 1 atom stereocenters. The quantitative estimate of drug-likeness (QED) is 0.916. The number of nitrogens with zero attached hydrogens (tertiary/aromatic N) is 2. The zero-order valence-electron chi connectivity index (χ0n) is 12.0. The molecular weight excluding hydrogens is 270 g/mol. The van der Waals surface area contributed by atoms with Crippen molar-refractivity contribution in [2.75, 3.05) is 13.8 Å². The summed E-state index contributed by atoms with van der Waals surface area (Å²) < 4.78 is 12.3. The van der Waals surface area contributed by atoms with E-state index in [2.05, 4.69) is 10.3 Å². The topological polar surface area (TPSA) is 65.4 Å². The van der Waals surface area contributed by atoms with E-state index in [1.807, 2.05) is 25.2 Å². The molecule has 0 spiro atoms. The summed E-state index contributed by atoms with van der Waals surface area (Å²) in [5.74, 6) is 1.49. The van der Waals surface area contributed by atoms with Crippen LogP contribution in [0.1, 0.15) is 17.3 Å². The molecular formula is C15H17N3O3. The predicted molar refractivity (Wildman–Crippen MR) is 77.6 cm³/mol. The average molecular weight is 287 g/mol. The minimum absolute atomic E-state index is 0.0123. The maximum atomic E-state index is 12.0. The number of benzene rings is 1. The molecule has 3 rings (SSSR count). The Morgan fingerprint density at radius 2 is 2.14 bits per heavy atom.